The molecule has 0 fully saturated rings. The van der Waals surface area contributed by atoms with Gasteiger partial charge in [0, 0.05) is 30.6 Å². The third-order valence-corrected chi connectivity index (χ3v) is 2.74. The number of pyridine rings is 2. The molecule has 0 aliphatic heterocycles. The zero-order chi connectivity index (χ0) is 13.1. The second-order valence-corrected chi connectivity index (χ2v) is 4.24. The predicted molar refractivity (Wildman–Crippen MR) is 71.2 cm³/mol. The second kappa shape index (κ2) is 4.96. The van der Waals surface area contributed by atoms with Gasteiger partial charge in [-0.2, -0.15) is 0 Å². The Hall–Kier alpha value is -2.23. The molecule has 0 spiro atoms. The molecule has 2 rings (SSSR count). The minimum atomic E-state index is -0.127. The number of nitrogens with one attached hydrogen (secondary N) is 1. The van der Waals surface area contributed by atoms with Gasteiger partial charge in [0.25, 0.3) is 0 Å². The normalized spacial score (nSPS) is 10.2. The fourth-order valence-corrected chi connectivity index (χ4v) is 1.66. The summed E-state index contributed by atoms with van der Waals surface area (Å²) < 4.78 is 0. The van der Waals surface area contributed by atoms with Gasteiger partial charge >= 0.3 is 0 Å². The quantitative estimate of drug-likeness (QED) is 0.879. The molecule has 2 aromatic rings. The Balaban J connectivity index is 2.38. The molecule has 0 aliphatic carbocycles. The number of amides is 1. The molecule has 2 heterocycles. The number of hydrogen-bond acceptors (Lipinski definition) is 3. The highest BCUT2D eigenvalue weighted by Gasteiger charge is 2.03. The molecule has 0 atom stereocenters. The molecule has 0 aromatic carbocycles. The third-order valence-electron chi connectivity index (χ3n) is 2.74. The Morgan fingerprint density at radius 1 is 1.17 bits per heavy atom. The Kier molecular flexibility index (Phi) is 3.37. The van der Waals surface area contributed by atoms with E-state index in [-0.39, 0.29) is 5.91 Å². The van der Waals surface area contributed by atoms with Crippen LogP contribution in [0.3, 0.4) is 0 Å². The Labute approximate surface area is 106 Å². The summed E-state index contributed by atoms with van der Waals surface area (Å²) in [6, 6.07) is 5.82. The summed E-state index contributed by atoms with van der Waals surface area (Å²) in [4.78, 5) is 19.4. The number of carbonyl (C=O) groups is 1. The van der Waals surface area contributed by atoms with Crippen LogP contribution in [0.4, 0.5) is 5.82 Å². The minimum absolute atomic E-state index is 0.127. The lowest BCUT2D eigenvalue weighted by molar-refractivity contribution is -0.114. The van der Waals surface area contributed by atoms with E-state index in [0.717, 1.165) is 22.4 Å². The summed E-state index contributed by atoms with van der Waals surface area (Å²) in [5, 5.41) is 2.67. The zero-order valence-corrected chi connectivity index (χ0v) is 10.7. The first kappa shape index (κ1) is 12.2. The van der Waals surface area contributed by atoms with Crippen LogP contribution in [0.2, 0.25) is 0 Å². The van der Waals surface area contributed by atoms with Crippen LogP contribution < -0.4 is 5.32 Å². The average molecular weight is 241 g/mol. The van der Waals surface area contributed by atoms with Crippen molar-refractivity contribution in [3.8, 4) is 11.1 Å². The van der Waals surface area contributed by atoms with Gasteiger partial charge < -0.3 is 5.32 Å². The SMILES string of the molecule is CC(=O)Nc1cc(-c2cnc(C)c(C)c2)ccn1. The van der Waals surface area contributed by atoms with Crippen molar-refractivity contribution in [2.75, 3.05) is 5.32 Å². The molecule has 0 unspecified atom stereocenters. The van der Waals surface area contributed by atoms with Gasteiger partial charge in [0.15, 0.2) is 0 Å². The van der Waals surface area contributed by atoms with Crippen LogP contribution in [0.5, 0.6) is 0 Å². The van der Waals surface area contributed by atoms with E-state index in [1.165, 1.54) is 6.92 Å². The molecular weight excluding hydrogens is 226 g/mol. The molecule has 1 N–H and O–H groups in total. The highest BCUT2D eigenvalue weighted by atomic mass is 16.1. The van der Waals surface area contributed by atoms with Crippen LogP contribution in [0, 0.1) is 13.8 Å². The number of nitrogens with zero attached hydrogens (tertiary/aromatic N) is 2. The summed E-state index contributed by atoms with van der Waals surface area (Å²) in [5.74, 6) is 0.427. The van der Waals surface area contributed by atoms with E-state index in [1.54, 1.807) is 6.20 Å². The summed E-state index contributed by atoms with van der Waals surface area (Å²) >= 11 is 0. The largest absolute Gasteiger partial charge is 0.311 e. The van der Waals surface area contributed by atoms with Gasteiger partial charge in [-0.25, -0.2) is 4.98 Å². The molecule has 0 bridgehead atoms. The van der Waals surface area contributed by atoms with Crippen LogP contribution in [0.15, 0.2) is 30.6 Å². The number of hydrogen-bond donors (Lipinski definition) is 1. The lowest BCUT2D eigenvalue weighted by Crippen LogP contribution is -2.07. The maximum absolute atomic E-state index is 11.0. The van der Waals surface area contributed by atoms with Crippen molar-refractivity contribution in [3.63, 3.8) is 0 Å². The Bertz CT molecular complexity index is 593. The van der Waals surface area contributed by atoms with E-state index >= 15 is 0 Å². The van der Waals surface area contributed by atoms with Gasteiger partial charge in [-0.15, -0.1) is 0 Å². The summed E-state index contributed by atoms with van der Waals surface area (Å²) in [6.07, 6.45) is 3.50. The van der Waals surface area contributed by atoms with Crippen LogP contribution in [-0.2, 0) is 4.79 Å². The average Bonchev–Trinajstić information content (AvgIpc) is 2.32. The Morgan fingerprint density at radius 2 is 1.94 bits per heavy atom. The third kappa shape index (κ3) is 2.71. The highest BCUT2D eigenvalue weighted by molar-refractivity contribution is 5.88. The molecule has 0 saturated heterocycles. The van der Waals surface area contributed by atoms with Gasteiger partial charge in [0.05, 0.1) is 0 Å². The first-order valence-electron chi connectivity index (χ1n) is 5.73. The van der Waals surface area contributed by atoms with E-state index in [1.807, 2.05) is 32.2 Å². The van der Waals surface area contributed by atoms with Crippen LogP contribution >= 0.6 is 0 Å². The smallest absolute Gasteiger partial charge is 0.222 e. The van der Waals surface area contributed by atoms with Gasteiger partial charge in [-0.1, -0.05) is 0 Å². The molecule has 0 radical (unpaired) electrons. The van der Waals surface area contributed by atoms with Crippen LogP contribution in [-0.4, -0.2) is 15.9 Å². The standard InChI is InChI=1S/C14H15N3O/c1-9-6-13(8-16-10(9)2)12-4-5-15-14(7-12)17-11(3)18/h4-8H,1-3H3,(H,15,17,18). The number of anilines is 1. The molecule has 0 saturated carbocycles. The number of aryl methyl sites for hydroxylation is 2. The van der Waals surface area contributed by atoms with Gasteiger partial charge in [0.1, 0.15) is 5.82 Å². The van der Waals surface area contributed by atoms with E-state index in [0.29, 0.717) is 5.82 Å². The number of aromatic nitrogens is 2. The first-order chi connectivity index (χ1) is 8.56. The molecule has 0 aliphatic rings. The van der Waals surface area contributed by atoms with Crippen molar-refractivity contribution in [1.82, 2.24) is 9.97 Å². The maximum Gasteiger partial charge on any atom is 0.222 e. The van der Waals surface area contributed by atoms with E-state index in [2.05, 4.69) is 21.4 Å². The zero-order valence-electron chi connectivity index (χ0n) is 10.7. The topological polar surface area (TPSA) is 54.9 Å². The lowest BCUT2D eigenvalue weighted by atomic mass is 10.1. The van der Waals surface area contributed by atoms with Crippen molar-refractivity contribution in [2.45, 2.75) is 20.8 Å². The van der Waals surface area contributed by atoms with Gasteiger partial charge in [0.2, 0.25) is 5.91 Å². The van der Waals surface area contributed by atoms with Crippen molar-refractivity contribution >= 4 is 11.7 Å². The van der Waals surface area contributed by atoms with Crippen molar-refractivity contribution in [2.24, 2.45) is 0 Å². The summed E-state index contributed by atoms with van der Waals surface area (Å²) in [5.41, 5.74) is 4.18. The van der Waals surface area contributed by atoms with Gasteiger partial charge in [-0.3, -0.25) is 9.78 Å². The van der Waals surface area contributed by atoms with Crippen LogP contribution in [0.1, 0.15) is 18.2 Å². The molecule has 4 nitrogen and oxygen atoms in total. The molecule has 92 valence electrons. The molecule has 4 heteroatoms. The fourth-order valence-electron chi connectivity index (χ4n) is 1.66. The predicted octanol–water partition coefficient (Wildman–Crippen LogP) is 2.72. The Morgan fingerprint density at radius 3 is 2.61 bits per heavy atom. The van der Waals surface area contributed by atoms with E-state index < -0.39 is 0 Å². The minimum Gasteiger partial charge on any atom is -0.311 e. The lowest BCUT2D eigenvalue weighted by Gasteiger charge is -2.06. The van der Waals surface area contributed by atoms with Crippen molar-refractivity contribution < 1.29 is 4.79 Å². The van der Waals surface area contributed by atoms with Crippen molar-refractivity contribution in [3.05, 3.63) is 41.9 Å². The van der Waals surface area contributed by atoms with E-state index in [9.17, 15) is 4.79 Å². The van der Waals surface area contributed by atoms with E-state index in [4.69, 9.17) is 0 Å². The number of carbonyl (C=O) groups excluding carboxylic acids is 1. The molecule has 1 amide bonds. The summed E-state index contributed by atoms with van der Waals surface area (Å²) in [7, 11) is 0. The van der Waals surface area contributed by atoms with Crippen molar-refractivity contribution in [1.29, 1.82) is 0 Å². The molecule has 2 aromatic heterocycles. The molecule has 18 heavy (non-hydrogen) atoms. The fraction of sp³-hybridized carbons (Fsp3) is 0.214. The highest BCUT2D eigenvalue weighted by Crippen LogP contribution is 2.22. The van der Waals surface area contributed by atoms with Crippen LogP contribution in [0.25, 0.3) is 11.1 Å². The number of rotatable bonds is 2. The van der Waals surface area contributed by atoms with Gasteiger partial charge in [-0.05, 0) is 43.2 Å². The second-order valence-electron chi connectivity index (χ2n) is 4.24. The summed E-state index contributed by atoms with van der Waals surface area (Å²) in [6.45, 7) is 5.47. The first-order valence-corrected chi connectivity index (χ1v) is 5.73. The monoisotopic (exact) mass is 241 g/mol. The molecular formula is C14H15N3O. The maximum atomic E-state index is 11.0.